The molecular formula is C15H15N7O. The van der Waals surface area contributed by atoms with E-state index in [0.29, 0.717) is 23.5 Å². The summed E-state index contributed by atoms with van der Waals surface area (Å²) in [6.07, 6.45) is 1.46. The first kappa shape index (κ1) is 13.5. The molecule has 0 aliphatic heterocycles. The van der Waals surface area contributed by atoms with Gasteiger partial charge < -0.3 is 9.88 Å². The molecule has 8 nitrogen and oxygen atoms in total. The number of nitrogens with zero attached hydrogens (tertiary/aromatic N) is 4. The third kappa shape index (κ3) is 2.33. The van der Waals surface area contributed by atoms with Crippen LogP contribution in [0.1, 0.15) is 5.82 Å². The Kier molecular flexibility index (Phi) is 3.07. The number of anilines is 1. The monoisotopic (exact) mass is 309 g/mol. The molecule has 4 rings (SSSR count). The number of aromatic amines is 2. The van der Waals surface area contributed by atoms with Crippen LogP contribution in [0.2, 0.25) is 0 Å². The lowest BCUT2D eigenvalue weighted by Gasteiger charge is -2.08. The average Bonchev–Trinajstić information content (AvgIpc) is 3.12. The fourth-order valence-corrected chi connectivity index (χ4v) is 2.69. The lowest BCUT2D eigenvalue weighted by molar-refractivity contribution is 0.718. The van der Waals surface area contributed by atoms with Crippen LogP contribution in [0.4, 0.5) is 5.95 Å². The molecular weight excluding hydrogens is 294 g/mol. The van der Waals surface area contributed by atoms with Gasteiger partial charge in [0.2, 0.25) is 5.95 Å². The standard InChI is InChI=1S/C15H15N7O/c1-9-18-11-4-2-3-5-12(11)22(9)7-6-16-15-19-13-10(8-17-21-13)14(23)20-15/h2-5,8H,6-7H2,1H3,(H3,16,17,19,20,21,23). The van der Waals surface area contributed by atoms with Crippen molar-refractivity contribution >= 4 is 28.0 Å². The number of nitrogens with one attached hydrogen (secondary N) is 3. The molecule has 3 N–H and O–H groups in total. The van der Waals surface area contributed by atoms with Crippen molar-refractivity contribution in [3.05, 3.63) is 46.6 Å². The van der Waals surface area contributed by atoms with Crippen LogP contribution < -0.4 is 10.9 Å². The highest BCUT2D eigenvalue weighted by Gasteiger charge is 2.07. The van der Waals surface area contributed by atoms with E-state index in [9.17, 15) is 4.79 Å². The molecule has 0 saturated carbocycles. The van der Waals surface area contributed by atoms with Gasteiger partial charge in [-0.15, -0.1) is 0 Å². The maximum atomic E-state index is 11.9. The van der Waals surface area contributed by atoms with Crippen molar-refractivity contribution in [3.8, 4) is 0 Å². The highest BCUT2D eigenvalue weighted by atomic mass is 16.1. The van der Waals surface area contributed by atoms with Crippen molar-refractivity contribution in [2.45, 2.75) is 13.5 Å². The summed E-state index contributed by atoms with van der Waals surface area (Å²) < 4.78 is 2.13. The molecule has 0 radical (unpaired) electrons. The van der Waals surface area contributed by atoms with Crippen LogP contribution in [0, 0.1) is 6.92 Å². The zero-order chi connectivity index (χ0) is 15.8. The minimum Gasteiger partial charge on any atom is -0.354 e. The molecule has 4 aromatic rings. The van der Waals surface area contributed by atoms with Crippen LogP contribution in [-0.4, -0.2) is 36.3 Å². The van der Waals surface area contributed by atoms with Crippen molar-refractivity contribution in [2.24, 2.45) is 0 Å². The van der Waals surface area contributed by atoms with Crippen LogP contribution in [0.25, 0.3) is 22.1 Å². The molecule has 3 heterocycles. The summed E-state index contributed by atoms with van der Waals surface area (Å²) in [5, 5.41) is 10.1. The highest BCUT2D eigenvalue weighted by Crippen LogP contribution is 2.15. The molecule has 0 bridgehead atoms. The van der Waals surface area contributed by atoms with E-state index in [1.165, 1.54) is 6.20 Å². The second-order valence-corrected chi connectivity index (χ2v) is 5.27. The molecule has 0 spiro atoms. The zero-order valence-electron chi connectivity index (χ0n) is 12.5. The molecule has 8 heteroatoms. The normalized spacial score (nSPS) is 11.3. The molecule has 0 aliphatic rings. The predicted molar refractivity (Wildman–Crippen MR) is 87.5 cm³/mol. The highest BCUT2D eigenvalue weighted by molar-refractivity contribution is 5.76. The molecule has 0 fully saturated rings. The van der Waals surface area contributed by atoms with Crippen LogP contribution in [0.5, 0.6) is 0 Å². The average molecular weight is 309 g/mol. The smallest absolute Gasteiger partial charge is 0.263 e. The first-order valence-corrected chi connectivity index (χ1v) is 7.31. The van der Waals surface area contributed by atoms with Gasteiger partial charge in [-0.05, 0) is 19.1 Å². The Bertz CT molecular complexity index is 1040. The molecule has 1 aromatic carbocycles. The molecule has 0 aliphatic carbocycles. The van der Waals surface area contributed by atoms with Gasteiger partial charge in [0.1, 0.15) is 11.2 Å². The minimum absolute atomic E-state index is 0.212. The molecule has 0 amide bonds. The maximum Gasteiger partial charge on any atom is 0.263 e. The Labute approximate surface area is 130 Å². The second kappa shape index (κ2) is 5.24. The number of aryl methyl sites for hydroxylation is 1. The fourth-order valence-electron chi connectivity index (χ4n) is 2.69. The van der Waals surface area contributed by atoms with E-state index in [1.807, 2.05) is 31.2 Å². The number of H-pyrrole nitrogens is 2. The van der Waals surface area contributed by atoms with Crippen LogP contribution in [0.3, 0.4) is 0 Å². The molecule has 23 heavy (non-hydrogen) atoms. The van der Waals surface area contributed by atoms with Gasteiger partial charge in [-0.1, -0.05) is 12.1 Å². The Morgan fingerprint density at radius 3 is 3.04 bits per heavy atom. The summed E-state index contributed by atoms with van der Waals surface area (Å²) in [7, 11) is 0. The van der Waals surface area contributed by atoms with Gasteiger partial charge in [0, 0.05) is 13.1 Å². The number of fused-ring (bicyclic) bond motifs is 2. The van der Waals surface area contributed by atoms with E-state index < -0.39 is 0 Å². The number of imidazole rings is 1. The lowest BCUT2D eigenvalue weighted by atomic mass is 10.3. The first-order valence-electron chi connectivity index (χ1n) is 7.31. The third-order valence-corrected chi connectivity index (χ3v) is 3.79. The number of hydrogen-bond acceptors (Lipinski definition) is 5. The van der Waals surface area contributed by atoms with E-state index in [4.69, 9.17) is 0 Å². The van der Waals surface area contributed by atoms with Gasteiger partial charge in [-0.2, -0.15) is 10.1 Å². The van der Waals surface area contributed by atoms with Gasteiger partial charge in [0.05, 0.1) is 17.2 Å². The number of hydrogen-bond donors (Lipinski definition) is 3. The Morgan fingerprint density at radius 2 is 2.13 bits per heavy atom. The second-order valence-electron chi connectivity index (χ2n) is 5.27. The van der Waals surface area contributed by atoms with Gasteiger partial charge in [0.15, 0.2) is 5.65 Å². The maximum absolute atomic E-state index is 11.9. The van der Waals surface area contributed by atoms with Gasteiger partial charge in [-0.25, -0.2) is 4.98 Å². The van der Waals surface area contributed by atoms with E-state index in [2.05, 4.69) is 35.0 Å². The van der Waals surface area contributed by atoms with Crippen LogP contribution >= 0.6 is 0 Å². The van der Waals surface area contributed by atoms with Gasteiger partial charge >= 0.3 is 0 Å². The summed E-state index contributed by atoms with van der Waals surface area (Å²) >= 11 is 0. The molecule has 0 saturated heterocycles. The number of aromatic nitrogens is 6. The zero-order valence-corrected chi connectivity index (χ0v) is 12.5. The molecule has 116 valence electrons. The molecule has 3 aromatic heterocycles. The van der Waals surface area contributed by atoms with Crippen molar-refractivity contribution < 1.29 is 0 Å². The fraction of sp³-hybridized carbons (Fsp3) is 0.200. The summed E-state index contributed by atoms with van der Waals surface area (Å²) in [6, 6.07) is 8.02. The van der Waals surface area contributed by atoms with Crippen LogP contribution in [-0.2, 0) is 6.54 Å². The summed E-state index contributed by atoms with van der Waals surface area (Å²) in [5.41, 5.74) is 2.34. The van der Waals surface area contributed by atoms with Crippen molar-refractivity contribution in [1.29, 1.82) is 0 Å². The molecule has 0 unspecified atom stereocenters. The Hall–Kier alpha value is -3.16. The van der Waals surface area contributed by atoms with Crippen LogP contribution in [0.15, 0.2) is 35.3 Å². The van der Waals surface area contributed by atoms with E-state index in [0.717, 1.165) is 23.4 Å². The lowest BCUT2D eigenvalue weighted by Crippen LogP contribution is -2.16. The number of benzene rings is 1. The Morgan fingerprint density at radius 1 is 1.26 bits per heavy atom. The number of para-hydroxylation sites is 2. The largest absolute Gasteiger partial charge is 0.354 e. The third-order valence-electron chi connectivity index (χ3n) is 3.79. The first-order chi connectivity index (χ1) is 11.2. The summed E-state index contributed by atoms with van der Waals surface area (Å²) in [5.74, 6) is 1.38. The quantitative estimate of drug-likeness (QED) is 0.529. The predicted octanol–water partition coefficient (Wildman–Crippen LogP) is 1.42. The number of rotatable bonds is 4. The minimum atomic E-state index is -0.212. The van der Waals surface area contributed by atoms with E-state index in [1.54, 1.807) is 0 Å². The summed E-state index contributed by atoms with van der Waals surface area (Å²) in [4.78, 5) is 23.4. The van der Waals surface area contributed by atoms with Crippen molar-refractivity contribution in [2.75, 3.05) is 11.9 Å². The Balaban J connectivity index is 1.54. The van der Waals surface area contributed by atoms with Crippen molar-refractivity contribution in [1.82, 2.24) is 29.7 Å². The van der Waals surface area contributed by atoms with E-state index >= 15 is 0 Å². The van der Waals surface area contributed by atoms with E-state index in [-0.39, 0.29) is 5.56 Å². The molecule has 0 atom stereocenters. The SMILES string of the molecule is Cc1nc2ccccc2n1CCNc1nc2[nH]ncc2c(=O)[nH]1. The topological polar surface area (TPSA) is 104 Å². The van der Waals surface area contributed by atoms with Gasteiger partial charge in [-0.3, -0.25) is 14.9 Å². The summed E-state index contributed by atoms with van der Waals surface area (Å²) in [6.45, 7) is 3.32. The van der Waals surface area contributed by atoms with Gasteiger partial charge in [0.25, 0.3) is 5.56 Å². The van der Waals surface area contributed by atoms with Crippen molar-refractivity contribution in [3.63, 3.8) is 0 Å².